The lowest BCUT2D eigenvalue weighted by Crippen LogP contribution is -2.07. The van der Waals surface area contributed by atoms with Crippen LogP contribution in [0.25, 0.3) is 0 Å². The van der Waals surface area contributed by atoms with E-state index in [0.717, 1.165) is 5.75 Å². The van der Waals surface area contributed by atoms with Crippen molar-refractivity contribution < 1.29 is 9.90 Å². The van der Waals surface area contributed by atoms with Crippen LogP contribution in [0, 0.1) is 6.92 Å². The molecule has 0 saturated carbocycles. The van der Waals surface area contributed by atoms with E-state index in [1.807, 2.05) is 6.92 Å². The van der Waals surface area contributed by atoms with Gasteiger partial charge in [0.1, 0.15) is 5.82 Å². The van der Waals surface area contributed by atoms with Gasteiger partial charge < -0.3 is 5.11 Å². The molecule has 0 saturated heterocycles. The minimum Gasteiger partial charge on any atom is -0.477 e. The number of aromatic nitrogens is 2. The molecule has 0 aliphatic rings. The van der Waals surface area contributed by atoms with Crippen molar-refractivity contribution in [2.75, 3.05) is 5.75 Å². The van der Waals surface area contributed by atoms with Gasteiger partial charge in [0.15, 0.2) is 5.69 Å². The Hall–Kier alpha value is -1.10. The molecule has 1 aromatic rings. The van der Waals surface area contributed by atoms with Gasteiger partial charge in [0.25, 0.3) is 0 Å². The molecule has 1 aromatic heterocycles. The second-order valence-electron chi connectivity index (χ2n) is 2.76. The van der Waals surface area contributed by atoms with Crippen LogP contribution in [0.15, 0.2) is 6.20 Å². The molecule has 0 bridgehead atoms. The molecular weight excluding hydrogens is 200 g/mol. The molecule has 0 atom stereocenters. The number of hydrogen-bond acceptors (Lipinski definition) is 4. The molecule has 0 spiro atoms. The highest BCUT2D eigenvalue weighted by atomic mass is 32.2. The summed E-state index contributed by atoms with van der Waals surface area (Å²) >= 11 is 1.67. The van der Waals surface area contributed by atoms with Crippen molar-refractivity contribution in [2.45, 2.75) is 19.6 Å². The number of aromatic carboxylic acids is 1. The van der Waals surface area contributed by atoms with Crippen LogP contribution in [-0.4, -0.2) is 26.8 Å². The molecule has 1 N–H and O–H groups in total. The zero-order valence-corrected chi connectivity index (χ0v) is 8.97. The van der Waals surface area contributed by atoms with E-state index in [4.69, 9.17) is 5.11 Å². The highest BCUT2D eigenvalue weighted by Gasteiger charge is 2.10. The summed E-state index contributed by atoms with van der Waals surface area (Å²) in [6, 6.07) is 0. The smallest absolute Gasteiger partial charge is 0.354 e. The van der Waals surface area contributed by atoms with Gasteiger partial charge in [-0.05, 0) is 12.7 Å². The third-order valence-corrected chi connectivity index (χ3v) is 2.53. The molecule has 0 unspecified atom stereocenters. The lowest BCUT2D eigenvalue weighted by molar-refractivity contribution is 0.0689. The minimum absolute atomic E-state index is 0.103. The molecule has 0 aliphatic heterocycles. The van der Waals surface area contributed by atoms with E-state index in [0.29, 0.717) is 17.1 Å². The highest BCUT2D eigenvalue weighted by molar-refractivity contribution is 7.98. The van der Waals surface area contributed by atoms with Crippen LogP contribution in [-0.2, 0) is 5.75 Å². The van der Waals surface area contributed by atoms with Crippen molar-refractivity contribution >= 4 is 17.7 Å². The van der Waals surface area contributed by atoms with E-state index >= 15 is 0 Å². The number of hydrogen-bond donors (Lipinski definition) is 1. The Balaban J connectivity index is 2.89. The molecule has 0 aliphatic carbocycles. The van der Waals surface area contributed by atoms with E-state index < -0.39 is 5.97 Å². The quantitative estimate of drug-likeness (QED) is 0.823. The fourth-order valence-electron chi connectivity index (χ4n) is 0.958. The maximum atomic E-state index is 10.8. The molecular formula is C9H12N2O2S. The Morgan fingerprint density at radius 1 is 1.64 bits per heavy atom. The first-order valence-corrected chi connectivity index (χ1v) is 5.44. The van der Waals surface area contributed by atoms with Crippen LogP contribution in [0.4, 0.5) is 0 Å². The number of nitrogens with zero attached hydrogens (tertiary/aromatic N) is 2. The number of carboxylic acids is 1. The van der Waals surface area contributed by atoms with Crippen LogP contribution in [0.3, 0.4) is 0 Å². The maximum absolute atomic E-state index is 10.8. The Morgan fingerprint density at radius 3 is 2.93 bits per heavy atom. The topological polar surface area (TPSA) is 63.1 Å². The van der Waals surface area contributed by atoms with E-state index in [9.17, 15) is 4.79 Å². The average Bonchev–Trinajstić information content (AvgIpc) is 2.16. The first-order chi connectivity index (χ1) is 6.65. The van der Waals surface area contributed by atoms with Crippen LogP contribution in [0.1, 0.15) is 28.8 Å². The second kappa shape index (κ2) is 4.95. The second-order valence-corrected chi connectivity index (χ2v) is 4.03. The van der Waals surface area contributed by atoms with E-state index in [2.05, 4.69) is 9.97 Å². The Morgan fingerprint density at radius 2 is 2.36 bits per heavy atom. The van der Waals surface area contributed by atoms with Gasteiger partial charge in [0.05, 0.1) is 5.75 Å². The van der Waals surface area contributed by atoms with Gasteiger partial charge in [0, 0.05) is 11.8 Å². The van der Waals surface area contributed by atoms with Gasteiger partial charge in [-0.25, -0.2) is 14.8 Å². The Kier molecular flexibility index (Phi) is 3.88. The summed E-state index contributed by atoms with van der Waals surface area (Å²) in [6.45, 7) is 3.73. The Labute approximate surface area is 86.8 Å². The van der Waals surface area contributed by atoms with Crippen molar-refractivity contribution in [2.24, 2.45) is 0 Å². The average molecular weight is 212 g/mol. The molecule has 0 radical (unpaired) electrons. The lowest BCUT2D eigenvalue weighted by atomic mass is 10.2. The SMILES string of the molecule is CCSCc1ncc(C)c(C(=O)O)n1. The molecule has 4 nitrogen and oxygen atoms in total. The maximum Gasteiger partial charge on any atom is 0.354 e. The van der Waals surface area contributed by atoms with Crippen molar-refractivity contribution in [1.29, 1.82) is 0 Å². The molecule has 1 rings (SSSR count). The third-order valence-electron chi connectivity index (χ3n) is 1.66. The number of aryl methyl sites for hydroxylation is 1. The van der Waals surface area contributed by atoms with Gasteiger partial charge in [0.2, 0.25) is 0 Å². The summed E-state index contributed by atoms with van der Waals surface area (Å²) < 4.78 is 0. The first-order valence-electron chi connectivity index (χ1n) is 4.28. The number of carbonyl (C=O) groups is 1. The predicted octanol–water partition coefficient (Wildman–Crippen LogP) is 1.74. The zero-order chi connectivity index (χ0) is 10.6. The Bertz CT molecular complexity index is 342. The molecule has 1 heterocycles. The zero-order valence-electron chi connectivity index (χ0n) is 8.15. The lowest BCUT2D eigenvalue weighted by Gasteiger charge is -2.02. The molecule has 14 heavy (non-hydrogen) atoms. The minimum atomic E-state index is -0.993. The molecule has 0 fully saturated rings. The number of thioether (sulfide) groups is 1. The molecule has 76 valence electrons. The summed E-state index contributed by atoms with van der Waals surface area (Å²) in [7, 11) is 0. The van der Waals surface area contributed by atoms with Gasteiger partial charge in [-0.1, -0.05) is 6.92 Å². The van der Waals surface area contributed by atoms with E-state index in [1.54, 1.807) is 24.9 Å². The monoisotopic (exact) mass is 212 g/mol. The molecule has 0 aromatic carbocycles. The summed E-state index contributed by atoms with van der Waals surface area (Å²) in [5.41, 5.74) is 0.703. The van der Waals surface area contributed by atoms with Crippen molar-refractivity contribution in [3.05, 3.63) is 23.3 Å². The summed E-state index contributed by atoms with van der Waals surface area (Å²) in [4.78, 5) is 18.8. The number of rotatable bonds is 4. The summed E-state index contributed by atoms with van der Waals surface area (Å²) in [5.74, 6) is 1.23. The fourth-order valence-corrected chi connectivity index (χ4v) is 1.48. The highest BCUT2D eigenvalue weighted by Crippen LogP contribution is 2.10. The largest absolute Gasteiger partial charge is 0.477 e. The van der Waals surface area contributed by atoms with Gasteiger partial charge in [-0.2, -0.15) is 11.8 Å². The molecule has 5 heteroatoms. The fraction of sp³-hybridized carbons (Fsp3) is 0.444. The predicted molar refractivity (Wildman–Crippen MR) is 55.6 cm³/mol. The summed E-state index contributed by atoms with van der Waals surface area (Å²) in [5, 5.41) is 8.82. The van der Waals surface area contributed by atoms with Crippen LogP contribution in [0.2, 0.25) is 0 Å². The van der Waals surface area contributed by atoms with Gasteiger partial charge in [-0.3, -0.25) is 0 Å². The van der Waals surface area contributed by atoms with Crippen molar-refractivity contribution in [3.8, 4) is 0 Å². The molecule has 0 amide bonds. The van der Waals surface area contributed by atoms with Crippen molar-refractivity contribution in [3.63, 3.8) is 0 Å². The van der Waals surface area contributed by atoms with Gasteiger partial charge >= 0.3 is 5.97 Å². The third kappa shape index (κ3) is 2.70. The van der Waals surface area contributed by atoms with E-state index in [1.165, 1.54) is 0 Å². The normalized spacial score (nSPS) is 10.1. The summed E-state index contributed by atoms with van der Waals surface area (Å²) in [6.07, 6.45) is 1.56. The van der Waals surface area contributed by atoms with Crippen LogP contribution >= 0.6 is 11.8 Å². The first kappa shape index (κ1) is 11.0. The van der Waals surface area contributed by atoms with Crippen LogP contribution in [0.5, 0.6) is 0 Å². The van der Waals surface area contributed by atoms with Crippen molar-refractivity contribution in [1.82, 2.24) is 9.97 Å². The van der Waals surface area contributed by atoms with Gasteiger partial charge in [-0.15, -0.1) is 0 Å². The van der Waals surface area contributed by atoms with E-state index in [-0.39, 0.29) is 5.69 Å². The number of carboxylic acid groups (broad SMARTS) is 1. The standard InChI is InChI=1S/C9H12N2O2S/c1-3-14-5-7-10-4-6(2)8(11-7)9(12)13/h4H,3,5H2,1-2H3,(H,12,13). The van der Waals surface area contributed by atoms with Crippen LogP contribution < -0.4 is 0 Å².